The van der Waals surface area contributed by atoms with Gasteiger partial charge in [-0.15, -0.1) is 0 Å². The number of nitrogens with zero attached hydrogens (tertiary/aromatic N) is 3. The second kappa shape index (κ2) is 11.7. The summed E-state index contributed by atoms with van der Waals surface area (Å²) in [4.78, 5) is 4.92. The van der Waals surface area contributed by atoms with Gasteiger partial charge in [0, 0.05) is 38.6 Å². The van der Waals surface area contributed by atoms with Crippen LogP contribution in [0.5, 0.6) is 0 Å². The molecule has 0 radical (unpaired) electrons. The van der Waals surface area contributed by atoms with Crippen LogP contribution in [0.3, 0.4) is 0 Å². The fourth-order valence-electron chi connectivity index (χ4n) is 8.56. The van der Waals surface area contributed by atoms with Gasteiger partial charge in [0.25, 0.3) is 0 Å². The molecule has 9 aromatic carbocycles. The van der Waals surface area contributed by atoms with Crippen LogP contribution in [0.1, 0.15) is 0 Å². The van der Waals surface area contributed by atoms with Gasteiger partial charge >= 0.3 is 0 Å². The van der Waals surface area contributed by atoms with E-state index in [0.717, 1.165) is 22.7 Å². The minimum Gasteiger partial charge on any atom is -0.309 e. The minimum atomic E-state index is 1.12. The van der Waals surface area contributed by atoms with Crippen LogP contribution in [0.2, 0.25) is 0 Å². The van der Waals surface area contributed by atoms with Gasteiger partial charge in [0.05, 0.1) is 33.8 Å². The standard InChI is InChI=1S/C50H33N3/c1-3-15-36(16-4-1)51-45-24-12-11-21-41(45)44-33-35(29-32-46(44)51)34-27-30-38(31-28-34)53-48-26-14-13-25-47(48)52(37-17-5-2-6-18-37)49-42-22-9-7-19-39(42)40-20-8-10-23-43(40)50(49)53/h1-33H. The average Bonchev–Trinajstić information content (AvgIpc) is 3.57. The molecule has 0 aliphatic carbocycles. The second-order valence-corrected chi connectivity index (χ2v) is 13.8. The van der Waals surface area contributed by atoms with Gasteiger partial charge in [-0.3, -0.25) is 0 Å². The van der Waals surface area contributed by atoms with E-state index < -0.39 is 0 Å². The van der Waals surface area contributed by atoms with Crippen LogP contribution in [0.15, 0.2) is 200 Å². The summed E-state index contributed by atoms with van der Waals surface area (Å²) in [5.41, 5.74) is 12.9. The molecule has 0 saturated heterocycles. The van der Waals surface area contributed by atoms with Crippen LogP contribution in [0.25, 0.3) is 60.2 Å². The Balaban J connectivity index is 1.11. The Hall–Kier alpha value is -7.10. The molecule has 248 valence electrons. The zero-order chi connectivity index (χ0) is 34.9. The molecule has 11 rings (SSSR count). The van der Waals surface area contributed by atoms with Gasteiger partial charge in [0.1, 0.15) is 0 Å². The van der Waals surface area contributed by atoms with Gasteiger partial charge in [0.15, 0.2) is 0 Å². The third kappa shape index (κ3) is 4.47. The maximum absolute atomic E-state index is 2.47. The zero-order valence-corrected chi connectivity index (χ0v) is 28.9. The van der Waals surface area contributed by atoms with Crippen molar-refractivity contribution in [2.75, 3.05) is 9.80 Å². The first-order valence-electron chi connectivity index (χ1n) is 18.2. The number of para-hydroxylation sites is 5. The lowest BCUT2D eigenvalue weighted by atomic mass is 9.93. The molecule has 53 heavy (non-hydrogen) atoms. The van der Waals surface area contributed by atoms with Gasteiger partial charge < -0.3 is 14.4 Å². The normalized spacial score (nSPS) is 12.5. The summed E-state index contributed by atoms with van der Waals surface area (Å²) in [5, 5.41) is 7.46. The van der Waals surface area contributed by atoms with Crippen LogP contribution >= 0.6 is 0 Å². The molecule has 0 N–H and O–H groups in total. The van der Waals surface area contributed by atoms with E-state index in [1.165, 1.54) is 71.5 Å². The SMILES string of the molecule is c1ccc(N2c3ccccc3N(c3ccc(-c4ccc5c(c4)c4ccccc4n5-c4ccccc4)cc3)c3c2c2ccccc2c2ccccc32)cc1. The van der Waals surface area contributed by atoms with Crippen molar-refractivity contribution in [3.8, 4) is 16.8 Å². The number of anilines is 6. The predicted molar refractivity (Wildman–Crippen MR) is 224 cm³/mol. The van der Waals surface area contributed by atoms with Crippen molar-refractivity contribution < 1.29 is 0 Å². The van der Waals surface area contributed by atoms with Crippen molar-refractivity contribution in [3.05, 3.63) is 200 Å². The van der Waals surface area contributed by atoms with E-state index >= 15 is 0 Å². The average molecular weight is 676 g/mol. The van der Waals surface area contributed by atoms with Gasteiger partial charge in [0.2, 0.25) is 0 Å². The van der Waals surface area contributed by atoms with Gasteiger partial charge in [-0.05, 0) is 88.6 Å². The summed E-state index contributed by atoms with van der Waals surface area (Å²) < 4.78 is 2.37. The summed E-state index contributed by atoms with van der Waals surface area (Å²) in [7, 11) is 0. The van der Waals surface area contributed by atoms with E-state index in [2.05, 4.69) is 215 Å². The molecule has 3 nitrogen and oxygen atoms in total. The maximum atomic E-state index is 2.47. The highest BCUT2D eigenvalue weighted by atomic mass is 15.3. The molecule has 1 aliphatic rings. The van der Waals surface area contributed by atoms with Gasteiger partial charge in [-0.2, -0.15) is 0 Å². The Morgan fingerprint density at radius 2 is 0.698 bits per heavy atom. The van der Waals surface area contributed by atoms with Crippen molar-refractivity contribution in [3.63, 3.8) is 0 Å². The van der Waals surface area contributed by atoms with Crippen LogP contribution in [0, 0.1) is 0 Å². The first-order valence-corrected chi connectivity index (χ1v) is 18.2. The lowest BCUT2D eigenvalue weighted by Gasteiger charge is -2.42. The molecule has 0 saturated carbocycles. The fraction of sp³-hybridized carbons (Fsp3) is 0. The van der Waals surface area contributed by atoms with Crippen LogP contribution in [0.4, 0.5) is 34.1 Å². The number of benzene rings is 9. The molecule has 0 fully saturated rings. The van der Waals surface area contributed by atoms with Gasteiger partial charge in [-0.25, -0.2) is 0 Å². The third-order valence-electron chi connectivity index (χ3n) is 10.8. The molecule has 10 aromatic rings. The highest BCUT2D eigenvalue weighted by Crippen LogP contribution is 2.59. The molecule has 0 spiro atoms. The first kappa shape index (κ1) is 29.6. The molecule has 0 atom stereocenters. The molecule has 2 heterocycles. The molecular formula is C50H33N3. The largest absolute Gasteiger partial charge is 0.309 e. The molecule has 0 unspecified atom stereocenters. The van der Waals surface area contributed by atoms with E-state index in [9.17, 15) is 0 Å². The van der Waals surface area contributed by atoms with E-state index in [-0.39, 0.29) is 0 Å². The van der Waals surface area contributed by atoms with E-state index in [1.54, 1.807) is 0 Å². The molecular weight excluding hydrogens is 643 g/mol. The Bertz CT molecular complexity index is 3000. The predicted octanol–water partition coefficient (Wildman–Crippen LogP) is 14.0. The summed E-state index contributed by atoms with van der Waals surface area (Å²) in [6.45, 7) is 0. The van der Waals surface area contributed by atoms with E-state index in [4.69, 9.17) is 0 Å². The monoisotopic (exact) mass is 675 g/mol. The number of aromatic nitrogens is 1. The molecule has 1 aliphatic heterocycles. The Morgan fingerprint density at radius 1 is 0.264 bits per heavy atom. The maximum Gasteiger partial charge on any atom is 0.0788 e. The molecule has 1 aromatic heterocycles. The van der Waals surface area contributed by atoms with Crippen molar-refractivity contribution >= 4 is 77.5 Å². The second-order valence-electron chi connectivity index (χ2n) is 13.8. The number of fused-ring (bicyclic) bond motifs is 10. The summed E-state index contributed by atoms with van der Waals surface area (Å²) in [6.07, 6.45) is 0. The number of hydrogen-bond donors (Lipinski definition) is 0. The summed E-state index contributed by atoms with van der Waals surface area (Å²) in [6, 6.07) is 72.7. The number of rotatable bonds is 4. The quantitative estimate of drug-likeness (QED) is 0.172. The molecule has 0 bridgehead atoms. The minimum absolute atomic E-state index is 1.12. The highest BCUT2D eigenvalue weighted by Gasteiger charge is 2.33. The molecule has 3 heteroatoms. The van der Waals surface area contributed by atoms with Crippen LogP contribution in [-0.4, -0.2) is 4.57 Å². The Labute approximate surface area is 307 Å². The third-order valence-corrected chi connectivity index (χ3v) is 10.8. The lowest BCUT2D eigenvalue weighted by molar-refractivity contribution is 1.18. The van der Waals surface area contributed by atoms with Crippen molar-refractivity contribution in [1.29, 1.82) is 0 Å². The van der Waals surface area contributed by atoms with E-state index in [0.29, 0.717) is 0 Å². The smallest absolute Gasteiger partial charge is 0.0788 e. The topological polar surface area (TPSA) is 11.4 Å². The lowest BCUT2D eigenvalue weighted by Crippen LogP contribution is -2.24. The van der Waals surface area contributed by atoms with E-state index in [1.807, 2.05) is 0 Å². The van der Waals surface area contributed by atoms with Crippen molar-refractivity contribution in [2.45, 2.75) is 0 Å². The zero-order valence-electron chi connectivity index (χ0n) is 28.9. The van der Waals surface area contributed by atoms with Crippen molar-refractivity contribution in [2.24, 2.45) is 0 Å². The summed E-state index contributed by atoms with van der Waals surface area (Å²) in [5.74, 6) is 0. The van der Waals surface area contributed by atoms with Crippen LogP contribution < -0.4 is 9.80 Å². The van der Waals surface area contributed by atoms with Crippen LogP contribution in [-0.2, 0) is 0 Å². The van der Waals surface area contributed by atoms with Crippen molar-refractivity contribution in [1.82, 2.24) is 4.57 Å². The number of hydrogen-bond acceptors (Lipinski definition) is 2. The van der Waals surface area contributed by atoms with Gasteiger partial charge in [-0.1, -0.05) is 133 Å². The highest BCUT2D eigenvalue weighted by molar-refractivity contribution is 6.25. The Kier molecular flexibility index (Phi) is 6.55. The summed E-state index contributed by atoms with van der Waals surface area (Å²) >= 11 is 0. The first-order chi connectivity index (χ1) is 26.3. The fourth-order valence-corrected chi connectivity index (χ4v) is 8.56. The molecule has 0 amide bonds. The Morgan fingerprint density at radius 3 is 1.30 bits per heavy atom.